The van der Waals surface area contributed by atoms with Gasteiger partial charge in [-0.15, -0.1) is 0 Å². The number of H-pyrrole nitrogens is 1. The number of amides is 1. The normalized spacial score (nSPS) is 18.8. The van der Waals surface area contributed by atoms with Crippen molar-refractivity contribution in [3.63, 3.8) is 0 Å². The van der Waals surface area contributed by atoms with E-state index in [1.807, 2.05) is 31.4 Å². The molecule has 2 aliphatic heterocycles. The molecule has 10 heteroatoms. The SMILES string of the molecule is CN1CCCN(C)C(=O)COc2cc(ccc2OC2CCOCC2)Nc2ncnc3[nH]cc(c23)C1. The number of carbonyl (C=O) groups is 1. The van der Waals surface area contributed by atoms with E-state index in [0.717, 1.165) is 54.6 Å². The van der Waals surface area contributed by atoms with Gasteiger partial charge >= 0.3 is 0 Å². The first-order valence-electron chi connectivity index (χ1n) is 12.1. The van der Waals surface area contributed by atoms with Gasteiger partial charge in [0.1, 0.15) is 23.9 Å². The maximum atomic E-state index is 12.7. The van der Waals surface area contributed by atoms with Crippen LogP contribution in [0.5, 0.6) is 11.5 Å². The van der Waals surface area contributed by atoms with Crippen LogP contribution in [-0.2, 0) is 16.1 Å². The molecule has 2 aliphatic rings. The van der Waals surface area contributed by atoms with Crippen molar-refractivity contribution in [1.82, 2.24) is 24.8 Å². The van der Waals surface area contributed by atoms with Gasteiger partial charge in [-0.3, -0.25) is 4.79 Å². The Morgan fingerprint density at radius 3 is 2.86 bits per heavy atom. The molecule has 186 valence electrons. The van der Waals surface area contributed by atoms with Crippen molar-refractivity contribution in [1.29, 1.82) is 0 Å². The summed E-state index contributed by atoms with van der Waals surface area (Å²) < 4.78 is 17.7. The van der Waals surface area contributed by atoms with Gasteiger partial charge < -0.3 is 34.3 Å². The molecule has 10 nitrogen and oxygen atoms in total. The highest BCUT2D eigenvalue weighted by Gasteiger charge is 2.20. The average molecular weight is 481 g/mol. The predicted molar refractivity (Wildman–Crippen MR) is 132 cm³/mol. The number of nitrogens with one attached hydrogen (secondary N) is 2. The van der Waals surface area contributed by atoms with Crippen LogP contribution in [0.4, 0.5) is 11.5 Å². The van der Waals surface area contributed by atoms with E-state index in [4.69, 9.17) is 14.2 Å². The number of nitrogens with zero attached hydrogens (tertiary/aromatic N) is 4. The molecule has 0 atom stereocenters. The maximum absolute atomic E-state index is 12.7. The summed E-state index contributed by atoms with van der Waals surface area (Å²) >= 11 is 0. The second-order valence-corrected chi connectivity index (χ2v) is 9.17. The lowest BCUT2D eigenvalue weighted by atomic mass is 10.1. The fraction of sp³-hybridized carbons (Fsp3) is 0.480. The van der Waals surface area contributed by atoms with Crippen LogP contribution in [0, 0.1) is 0 Å². The Bertz CT molecular complexity index is 1180. The Morgan fingerprint density at radius 2 is 2.00 bits per heavy atom. The van der Waals surface area contributed by atoms with Crippen LogP contribution in [0.15, 0.2) is 30.7 Å². The first-order valence-corrected chi connectivity index (χ1v) is 12.1. The van der Waals surface area contributed by atoms with Crippen LogP contribution in [0.2, 0.25) is 0 Å². The van der Waals surface area contributed by atoms with Crippen LogP contribution in [-0.4, -0.2) is 83.8 Å². The number of aromatic nitrogens is 3. The monoisotopic (exact) mass is 480 g/mol. The summed E-state index contributed by atoms with van der Waals surface area (Å²) in [6, 6.07) is 5.68. The summed E-state index contributed by atoms with van der Waals surface area (Å²) in [6.45, 7) is 3.56. The number of hydrogen-bond donors (Lipinski definition) is 2. The number of benzene rings is 1. The summed E-state index contributed by atoms with van der Waals surface area (Å²) in [6.07, 6.45) is 6.09. The lowest BCUT2D eigenvalue weighted by Crippen LogP contribution is -2.34. The smallest absolute Gasteiger partial charge is 0.260 e. The number of ether oxygens (including phenoxy) is 3. The van der Waals surface area contributed by atoms with Crippen LogP contribution in [0.1, 0.15) is 24.8 Å². The molecule has 0 radical (unpaired) electrons. The Hall–Kier alpha value is -3.37. The Labute approximate surface area is 204 Å². The van der Waals surface area contributed by atoms with Crippen molar-refractivity contribution in [2.75, 3.05) is 52.3 Å². The maximum Gasteiger partial charge on any atom is 0.260 e. The number of rotatable bonds is 2. The third kappa shape index (κ3) is 5.49. The molecule has 1 aromatic carbocycles. The van der Waals surface area contributed by atoms with Crippen molar-refractivity contribution >= 4 is 28.4 Å². The van der Waals surface area contributed by atoms with Crippen LogP contribution in [0.3, 0.4) is 0 Å². The van der Waals surface area contributed by atoms with Crippen molar-refractivity contribution in [2.24, 2.45) is 0 Å². The number of fused-ring (bicyclic) bond motifs is 2. The minimum atomic E-state index is -0.0689. The molecule has 0 unspecified atom stereocenters. The van der Waals surface area contributed by atoms with E-state index in [-0.39, 0.29) is 18.6 Å². The molecule has 5 rings (SSSR count). The van der Waals surface area contributed by atoms with Gasteiger partial charge in [-0.1, -0.05) is 0 Å². The molecule has 0 spiro atoms. The standard InChI is InChI=1S/C25H32N6O4/c1-30-8-3-9-31(2)22(32)15-34-21-12-18(4-5-20(21)35-19-6-10-33-11-7-19)29-25-23-17(14-30)13-26-24(23)27-16-28-25/h4-5,12-13,16,19H,3,6-11,14-15H2,1-2H3,(H2,26,27,28,29). The summed E-state index contributed by atoms with van der Waals surface area (Å²) in [5.41, 5.74) is 2.68. The lowest BCUT2D eigenvalue weighted by molar-refractivity contribution is -0.132. The zero-order chi connectivity index (χ0) is 24.2. The van der Waals surface area contributed by atoms with Crippen molar-refractivity contribution in [2.45, 2.75) is 31.9 Å². The molecule has 3 aromatic rings. The second kappa shape index (κ2) is 10.5. The first-order chi connectivity index (χ1) is 17.1. The van der Waals surface area contributed by atoms with E-state index in [0.29, 0.717) is 37.1 Å². The fourth-order valence-electron chi connectivity index (χ4n) is 4.47. The van der Waals surface area contributed by atoms with E-state index in [1.165, 1.54) is 0 Å². The fourth-order valence-corrected chi connectivity index (χ4v) is 4.47. The summed E-state index contributed by atoms with van der Waals surface area (Å²) in [4.78, 5) is 28.9. The number of likely N-dealkylation sites (N-methyl/N-ethyl adjacent to an activating group) is 1. The molecule has 0 saturated carbocycles. The van der Waals surface area contributed by atoms with E-state index in [2.05, 4.69) is 32.2 Å². The Kier molecular flexibility index (Phi) is 7.01. The highest BCUT2D eigenvalue weighted by molar-refractivity contribution is 5.92. The van der Waals surface area contributed by atoms with Gasteiger partial charge in [0.2, 0.25) is 0 Å². The number of anilines is 2. The molecule has 1 fully saturated rings. The Balaban J connectivity index is 1.49. The van der Waals surface area contributed by atoms with Gasteiger partial charge in [-0.05, 0) is 37.7 Å². The third-order valence-electron chi connectivity index (χ3n) is 6.47. The van der Waals surface area contributed by atoms with E-state index < -0.39 is 0 Å². The molecule has 2 bridgehead atoms. The molecular formula is C25H32N6O4. The highest BCUT2D eigenvalue weighted by Crippen LogP contribution is 2.35. The third-order valence-corrected chi connectivity index (χ3v) is 6.47. The topological polar surface area (TPSA) is 105 Å². The molecule has 2 aromatic heterocycles. The molecule has 0 aliphatic carbocycles. The van der Waals surface area contributed by atoms with Gasteiger partial charge in [-0.25, -0.2) is 9.97 Å². The quantitative estimate of drug-likeness (QED) is 0.577. The van der Waals surface area contributed by atoms with E-state index >= 15 is 0 Å². The Morgan fingerprint density at radius 1 is 1.14 bits per heavy atom. The zero-order valence-corrected chi connectivity index (χ0v) is 20.2. The van der Waals surface area contributed by atoms with Crippen LogP contribution >= 0.6 is 0 Å². The van der Waals surface area contributed by atoms with Crippen LogP contribution < -0.4 is 14.8 Å². The zero-order valence-electron chi connectivity index (χ0n) is 20.2. The van der Waals surface area contributed by atoms with Gasteiger partial charge in [0.05, 0.1) is 18.6 Å². The largest absolute Gasteiger partial charge is 0.486 e. The average Bonchev–Trinajstić information content (AvgIpc) is 3.27. The second-order valence-electron chi connectivity index (χ2n) is 9.17. The van der Waals surface area contributed by atoms with Crippen molar-refractivity contribution in [3.8, 4) is 11.5 Å². The molecule has 35 heavy (non-hydrogen) atoms. The van der Waals surface area contributed by atoms with Crippen molar-refractivity contribution < 1.29 is 19.0 Å². The highest BCUT2D eigenvalue weighted by atomic mass is 16.5. The number of carbonyl (C=O) groups excluding carboxylic acids is 1. The van der Waals surface area contributed by atoms with Crippen molar-refractivity contribution in [3.05, 3.63) is 36.3 Å². The molecule has 4 heterocycles. The van der Waals surface area contributed by atoms with Gasteiger partial charge in [0, 0.05) is 50.9 Å². The van der Waals surface area contributed by atoms with Gasteiger partial charge in [-0.2, -0.15) is 0 Å². The minimum absolute atomic E-state index is 0.0559. The van der Waals surface area contributed by atoms with Gasteiger partial charge in [0.25, 0.3) is 5.91 Å². The molecule has 2 N–H and O–H groups in total. The molecule has 1 saturated heterocycles. The van der Waals surface area contributed by atoms with Crippen LogP contribution in [0.25, 0.3) is 11.0 Å². The summed E-state index contributed by atoms with van der Waals surface area (Å²) in [5, 5.41) is 4.38. The lowest BCUT2D eigenvalue weighted by Gasteiger charge is -2.25. The minimum Gasteiger partial charge on any atom is -0.486 e. The summed E-state index contributed by atoms with van der Waals surface area (Å²) in [7, 11) is 3.89. The van der Waals surface area contributed by atoms with E-state index in [1.54, 1.807) is 11.2 Å². The number of aromatic amines is 1. The van der Waals surface area contributed by atoms with Gasteiger partial charge in [0.15, 0.2) is 18.1 Å². The molecule has 1 amide bonds. The molecular weight excluding hydrogens is 448 g/mol. The predicted octanol–water partition coefficient (Wildman–Crippen LogP) is 2.93. The first kappa shape index (κ1) is 23.4. The number of hydrogen-bond acceptors (Lipinski definition) is 8. The van der Waals surface area contributed by atoms with E-state index in [9.17, 15) is 4.79 Å². The summed E-state index contributed by atoms with van der Waals surface area (Å²) in [5.74, 6) is 1.79.